The standard InChI is InChI=1S/C23H30FN5O/c1-27-15-23(9-11-28(12-10-23)14-17-5-2-3-8-19(17)24)29-16-25-13-20(29)21(27)22(30)26-18-6-4-7-18/h2-3,5,8,13,16,18,21H,4,6-7,9-12,14-15H2,1H3,(H,26,30). The van der Waals surface area contributed by atoms with E-state index in [1.54, 1.807) is 6.07 Å². The number of piperidine rings is 1. The molecule has 1 aromatic carbocycles. The normalized spacial score (nSPS) is 24.4. The van der Waals surface area contributed by atoms with Crippen molar-refractivity contribution >= 4 is 5.91 Å². The number of fused-ring (bicyclic) bond motifs is 2. The number of aromatic nitrogens is 2. The molecule has 0 radical (unpaired) electrons. The van der Waals surface area contributed by atoms with Gasteiger partial charge in [-0.2, -0.15) is 0 Å². The van der Waals surface area contributed by atoms with Crippen LogP contribution in [0.3, 0.4) is 0 Å². The maximum absolute atomic E-state index is 14.1. The SMILES string of the molecule is CN1CC2(CCN(Cc3ccccc3F)CC2)n2cncc2C1C(=O)NC1CCC1. The summed E-state index contributed by atoms with van der Waals surface area (Å²) < 4.78 is 16.3. The predicted molar refractivity (Wildman–Crippen MR) is 112 cm³/mol. The molecule has 30 heavy (non-hydrogen) atoms. The first-order valence-corrected chi connectivity index (χ1v) is 11.0. The fourth-order valence-corrected chi connectivity index (χ4v) is 5.32. The zero-order valence-electron chi connectivity index (χ0n) is 17.6. The average molecular weight is 412 g/mol. The fourth-order valence-electron chi connectivity index (χ4n) is 5.32. The lowest BCUT2D eigenvalue weighted by atomic mass is 9.83. The van der Waals surface area contributed by atoms with Crippen molar-refractivity contribution < 1.29 is 9.18 Å². The minimum Gasteiger partial charge on any atom is -0.352 e. The fraction of sp³-hybridized carbons (Fsp3) is 0.565. The number of imidazole rings is 1. The molecule has 1 spiro atoms. The second kappa shape index (κ2) is 7.78. The topological polar surface area (TPSA) is 53.4 Å². The molecule has 6 nitrogen and oxygen atoms in total. The van der Waals surface area contributed by atoms with Crippen LogP contribution in [0.5, 0.6) is 0 Å². The maximum Gasteiger partial charge on any atom is 0.243 e. The highest BCUT2D eigenvalue weighted by atomic mass is 19.1. The first-order chi connectivity index (χ1) is 14.6. The lowest BCUT2D eigenvalue weighted by Crippen LogP contribution is -2.58. The first kappa shape index (κ1) is 19.7. The monoisotopic (exact) mass is 411 g/mol. The van der Waals surface area contributed by atoms with E-state index >= 15 is 0 Å². The second-order valence-corrected chi connectivity index (χ2v) is 9.23. The Morgan fingerprint density at radius 1 is 1.27 bits per heavy atom. The van der Waals surface area contributed by atoms with Crippen LogP contribution in [0.4, 0.5) is 4.39 Å². The molecule has 1 saturated heterocycles. The molecule has 2 aromatic rings. The predicted octanol–water partition coefficient (Wildman–Crippen LogP) is 2.67. The highest BCUT2D eigenvalue weighted by Gasteiger charge is 2.46. The van der Waals surface area contributed by atoms with Gasteiger partial charge in [0.25, 0.3) is 0 Å². The summed E-state index contributed by atoms with van der Waals surface area (Å²) in [5.41, 5.74) is 1.69. The number of rotatable bonds is 4. The summed E-state index contributed by atoms with van der Waals surface area (Å²) in [6.45, 7) is 3.27. The van der Waals surface area contributed by atoms with Gasteiger partial charge >= 0.3 is 0 Å². The van der Waals surface area contributed by atoms with E-state index in [-0.39, 0.29) is 23.3 Å². The molecule has 1 atom stereocenters. The molecule has 160 valence electrons. The third-order valence-electron chi connectivity index (χ3n) is 7.28. The minimum atomic E-state index is -0.282. The molecule has 1 amide bonds. The quantitative estimate of drug-likeness (QED) is 0.841. The van der Waals surface area contributed by atoms with E-state index in [4.69, 9.17) is 0 Å². The zero-order valence-corrected chi connectivity index (χ0v) is 17.6. The summed E-state index contributed by atoms with van der Waals surface area (Å²) in [6, 6.07) is 7.08. The molecule has 1 aliphatic carbocycles. The summed E-state index contributed by atoms with van der Waals surface area (Å²) in [6.07, 6.45) is 9.06. The van der Waals surface area contributed by atoms with Crippen molar-refractivity contribution in [2.45, 2.75) is 56.3 Å². The van der Waals surface area contributed by atoms with E-state index in [1.807, 2.05) is 24.7 Å². The van der Waals surface area contributed by atoms with Crippen molar-refractivity contribution in [2.24, 2.45) is 0 Å². The van der Waals surface area contributed by atoms with Crippen LogP contribution in [0.25, 0.3) is 0 Å². The molecule has 1 aromatic heterocycles. The third-order valence-corrected chi connectivity index (χ3v) is 7.28. The van der Waals surface area contributed by atoms with Gasteiger partial charge < -0.3 is 9.88 Å². The van der Waals surface area contributed by atoms with Gasteiger partial charge in [0.1, 0.15) is 11.9 Å². The van der Waals surface area contributed by atoms with Crippen LogP contribution in [-0.2, 0) is 16.9 Å². The Bertz CT molecular complexity index is 916. The summed E-state index contributed by atoms with van der Waals surface area (Å²) in [4.78, 5) is 21.9. The lowest BCUT2D eigenvalue weighted by molar-refractivity contribution is -0.129. The molecule has 3 aliphatic rings. The van der Waals surface area contributed by atoms with E-state index in [9.17, 15) is 9.18 Å². The van der Waals surface area contributed by atoms with Gasteiger partial charge in [0.05, 0.1) is 23.8 Å². The molecule has 2 fully saturated rings. The zero-order chi connectivity index (χ0) is 20.7. The largest absolute Gasteiger partial charge is 0.352 e. The summed E-state index contributed by atoms with van der Waals surface area (Å²) in [7, 11) is 2.05. The molecule has 1 saturated carbocycles. The van der Waals surface area contributed by atoms with Crippen molar-refractivity contribution in [1.82, 2.24) is 24.7 Å². The number of benzene rings is 1. The van der Waals surface area contributed by atoms with Gasteiger partial charge in [-0.25, -0.2) is 9.37 Å². The van der Waals surface area contributed by atoms with Crippen LogP contribution < -0.4 is 5.32 Å². The Morgan fingerprint density at radius 3 is 2.73 bits per heavy atom. The van der Waals surface area contributed by atoms with Crippen LogP contribution in [0.15, 0.2) is 36.8 Å². The molecular formula is C23H30FN5O. The molecule has 1 unspecified atom stereocenters. The van der Waals surface area contributed by atoms with Crippen molar-refractivity contribution in [3.8, 4) is 0 Å². The summed E-state index contributed by atoms with van der Waals surface area (Å²) in [5, 5.41) is 3.21. The van der Waals surface area contributed by atoms with E-state index < -0.39 is 0 Å². The van der Waals surface area contributed by atoms with Gasteiger partial charge in [0, 0.05) is 37.8 Å². The van der Waals surface area contributed by atoms with Crippen molar-refractivity contribution in [1.29, 1.82) is 0 Å². The molecule has 1 N–H and O–H groups in total. The molecule has 5 rings (SSSR count). The second-order valence-electron chi connectivity index (χ2n) is 9.23. The maximum atomic E-state index is 14.1. The number of carbonyl (C=O) groups excluding carboxylic acids is 1. The van der Waals surface area contributed by atoms with Gasteiger partial charge in [0.2, 0.25) is 5.91 Å². The molecule has 0 bridgehead atoms. The average Bonchev–Trinajstić information content (AvgIpc) is 3.19. The highest BCUT2D eigenvalue weighted by Crippen LogP contribution is 2.40. The Kier molecular flexibility index (Phi) is 5.11. The highest BCUT2D eigenvalue weighted by molar-refractivity contribution is 5.83. The van der Waals surface area contributed by atoms with Crippen molar-refractivity contribution in [3.63, 3.8) is 0 Å². The number of hydrogen-bond acceptors (Lipinski definition) is 4. The third kappa shape index (κ3) is 3.44. The minimum absolute atomic E-state index is 0.0560. The van der Waals surface area contributed by atoms with Crippen LogP contribution in [0, 0.1) is 5.82 Å². The van der Waals surface area contributed by atoms with Gasteiger partial charge in [-0.05, 0) is 45.2 Å². The smallest absolute Gasteiger partial charge is 0.243 e. The van der Waals surface area contributed by atoms with Crippen molar-refractivity contribution in [3.05, 3.63) is 53.9 Å². The number of nitrogens with zero attached hydrogens (tertiary/aromatic N) is 4. The Hall–Kier alpha value is -2.25. The van der Waals surface area contributed by atoms with E-state index in [2.05, 4.69) is 31.7 Å². The number of likely N-dealkylation sites (N-methyl/N-ethyl adjacent to an activating group) is 1. The van der Waals surface area contributed by atoms with Gasteiger partial charge in [0.15, 0.2) is 0 Å². The number of nitrogens with one attached hydrogen (secondary N) is 1. The molecule has 7 heteroatoms. The number of amides is 1. The van der Waals surface area contributed by atoms with Gasteiger partial charge in [-0.1, -0.05) is 18.2 Å². The van der Waals surface area contributed by atoms with E-state index in [0.717, 1.165) is 56.6 Å². The molecule has 3 heterocycles. The van der Waals surface area contributed by atoms with Crippen LogP contribution in [-0.4, -0.2) is 58.0 Å². The molecule has 2 aliphatic heterocycles. The van der Waals surface area contributed by atoms with Crippen LogP contribution >= 0.6 is 0 Å². The lowest BCUT2D eigenvalue weighted by Gasteiger charge is -2.50. The van der Waals surface area contributed by atoms with E-state index in [0.29, 0.717) is 12.6 Å². The Labute approximate surface area is 177 Å². The van der Waals surface area contributed by atoms with Crippen LogP contribution in [0.2, 0.25) is 0 Å². The van der Waals surface area contributed by atoms with Gasteiger partial charge in [-0.3, -0.25) is 14.6 Å². The van der Waals surface area contributed by atoms with E-state index in [1.165, 1.54) is 12.5 Å². The summed E-state index contributed by atoms with van der Waals surface area (Å²) >= 11 is 0. The Morgan fingerprint density at radius 2 is 2.03 bits per heavy atom. The number of halogens is 1. The van der Waals surface area contributed by atoms with Crippen LogP contribution in [0.1, 0.15) is 49.4 Å². The number of carbonyl (C=O) groups is 1. The van der Waals surface area contributed by atoms with Crippen molar-refractivity contribution in [2.75, 3.05) is 26.7 Å². The van der Waals surface area contributed by atoms with Gasteiger partial charge in [-0.15, -0.1) is 0 Å². The first-order valence-electron chi connectivity index (χ1n) is 11.0. The molecular weight excluding hydrogens is 381 g/mol. The Balaban J connectivity index is 1.31. The number of likely N-dealkylation sites (tertiary alicyclic amines) is 1. The summed E-state index contributed by atoms with van der Waals surface area (Å²) in [5.74, 6) is -0.0387. The number of hydrogen-bond donors (Lipinski definition) is 1.